The molecule has 2 aliphatic rings. The van der Waals surface area contributed by atoms with Crippen LogP contribution in [0.1, 0.15) is 51.5 Å². The van der Waals surface area contributed by atoms with Crippen LogP contribution in [-0.2, 0) is 4.74 Å². The molecular formula is C25H32F3N7O2. The molecule has 3 aromatic rings. The molecule has 0 radical (unpaired) electrons. The van der Waals surface area contributed by atoms with Crippen LogP contribution in [0.3, 0.4) is 0 Å². The molecule has 200 valence electrons. The van der Waals surface area contributed by atoms with Gasteiger partial charge in [0, 0.05) is 36.5 Å². The van der Waals surface area contributed by atoms with Crippen molar-refractivity contribution in [2.24, 2.45) is 11.7 Å². The van der Waals surface area contributed by atoms with Crippen molar-refractivity contribution in [2.45, 2.75) is 63.4 Å². The average Bonchev–Trinajstić information content (AvgIpc) is 3.20. The molecule has 0 bridgehead atoms. The molecule has 0 unspecified atom stereocenters. The minimum Gasteiger partial charge on any atom is -0.406 e. The van der Waals surface area contributed by atoms with Gasteiger partial charge in [-0.2, -0.15) is 4.98 Å². The van der Waals surface area contributed by atoms with Gasteiger partial charge in [-0.25, -0.2) is 9.97 Å². The van der Waals surface area contributed by atoms with Gasteiger partial charge in [0.25, 0.3) is 0 Å². The highest BCUT2D eigenvalue weighted by Crippen LogP contribution is 2.37. The van der Waals surface area contributed by atoms with E-state index >= 15 is 0 Å². The quantitative estimate of drug-likeness (QED) is 0.394. The van der Waals surface area contributed by atoms with Gasteiger partial charge < -0.3 is 25.8 Å². The number of nitrogens with zero attached hydrogens (tertiary/aromatic N) is 4. The van der Waals surface area contributed by atoms with E-state index < -0.39 is 6.36 Å². The lowest BCUT2D eigenvalue weighted by atomic mass is 9.86. The van der Waals surface area contributed by atoms with Gasteiger partial charge in [0.05, 0.1) is 6.20 Å². The zero-order valence-electron chi connectivity index (χ0n) is 20.7. The van der Waals surface area contributed by atoms with Crippen molar-refractivity contribution in [3.8, 4) is 5.75 Å². The van der Waals surface area contributed by atoms with Gasteiger partial charge in [-0.3, -0.25) is 4.57 Å². The normalized spacial score (nSPS) is 22.1. The number of alkyl halides is 3. The van der Waals surface area contributed by atoms with Crippen molar-refractivity contribution in [1.82, 2.24) is 19.5 Å². The third-order valence-corrected chi connectivity index (χ3v) is 7.28. The number of halogens is 3. The molecule has 0 atom stereocenters. The van der Waals surface area contributed by atoms with Crippen molar-refractivity contribution >= 4 is 28.7 Å². The second-order valence-electron chi connectivity index (χ2n) is 10.1. The summed E-state index contributed by atoms with van der Waals surface area (Å²) in [6.45, 7) is 4.16. The number of imidazole rings is 1. The van der Waals surface area contributed by atoms with Crippen LogP contribution in [0.5, 0.6) is 5.75 Å². The zero-order valence-corrected chi connectivity index (χ0v) is 20.7. The van der Waals surface area contributed by atoms with Crippen LogP contribution in [0.15, 0.2) is 30.5 Å². The van der Waals surface area contributed by atoms with E-state index in [1.165, 1.54) is 18.2 Å². The fourth-order valence-corrected chi connectivity index (χ4v) is 5.14. The van der Waals surface area contributed by atoms with Gasteiger partial charge in [-0.1, -0.05) is 6.07 Å². The molecule has 2 fully saturated rings. The minimum atomic E-state index is -4.77. The molecule has 5 rings (SSSR count). The van der Waals surface area contributed by atoms with E-state index in [2.05, 4.69) is 31.8 Å². The average molecular weight is 520 g/mol. The summed E-state index contributed by atoms with van der Waals surface area (Å²) in [4.78, 5) is 14.1. The largest absolute Gasteiger partial charge is 0.573 e. The molecule has 3 heterocycles. The Hall–Kier alpha value is -3.12. The molecule has 9 nitrogen and oxygen atoms in total. The molecule has 0 spiro atoms. The topological polar surface area (TPSA) is 112 Å². The number of ether oxygens (including phenoxy) is 2. The van der Waals surface area contributed by atoms with E-state index in [0.29, 0.717) is 54.4 Å². The number of anilines is 3. The summed E-state index contributed by atoms with van der Waals surface area (Å²) in [5.74, 6) is 1.19. The molecule has 1 aliphatic carbocycles. The van der Waals surface area contributed by atoms with Gasteiger partial charge >= 0.3 is 6.36 Å². The maximum Gasteiger partial charge on any atom is 0.573 e. The van der Waals surface area contributed by atoms with Crippen molar-refractivity contribution in [1.29, 1.82) is 0 Å². The Bertz CT molecular complexity index is 1220. The molecule has 2 aromatic heterocycles. The molecule has 4 N–H and O–H groups in total. The lowest BCUT2D eigenvalue weighted by Crippen LogP contribution is -2.41. The first kappa shape index (κ1) is 25.5. The molecule has 1 saturated heterocycles. The van der Waals surface area contributed by atoms with E-state index in [-0.39, 0.29) is 17.3 Å². The van der Waals surface area contributed by atoms with Crippen LogP contribution >= 0.6 is 0 Å². The Kier molecular flexibility index (Phi) is 7.13. The highest BCUT2D eigenvalue weighted by Gasteiger charge is 2.32. The Morgan fingerprint density at radius 3 is 2.62 bits per heavy atom. The predicted octanol–water partition coefficient (Wildman–Crippen LogP) is 5.14. The van der Waals surface area contributed by atoms with E-state index in [9.17, 15) is 13.2 Å². The van der Waals surface area contributed by atoms with Crippen molar-refractivity contribution < 1.29 is 22.6 Å². The smallest absolute Gasteiger partial charge is 0.406 e. The zero-order chi connectivity index (χ0) is 26.0. The van der Waals surface area contributed by atoms with Gasteiger partial charge in [-0.15, -0.1) is 13.2 Å². The summed E-state index contributed by atoms with van der Waals surface area (Å²) in [7, 11) is 0. The van der Waals surface area contributed by atoms with E-state index in [1.54, 1.807) is 12.3 Å². The van der Waals surface area contributed by atoms with Gasteiger partial charge in [-0.05, 0) is 70.0 Å². The van der Waals surface area contributed by atoms with Crippen LogP contribution in [0.25, 0.3) is 11.2 Å². The summed E-state index contributed by atoms with van der Waals surface area (Å²) in [5.41, 5.74) is 7.44. The highest BCUT2D eigenvalue weighted by atomic mass is 19.4. The van der Waals surface area contributed by atoms with Crippen molar-refractivity contribution in [2.75, 3.05) is 30.4 Å². The van der Waals surface area contributed by atoms with Crippen LogP contribution < -0.4 is 21.1 Å². The summed E-state index contributed by atoms with van der Waals surface area (Å²) in [6, 6.07) is 5.84. The van der Waals surface area contributed by atoms with Gasteiger partial charge in [0.15, 0.2) is 5.65 Å². The molecule has 1 saturated carbocycles. The minimum absolute atomic E-state index is 0.117. The number of benzene rings is 1. The highest BCUT2D eigenvalue weighted by molar-refractivity contribution is 5.76. The summed E-state index contributed by atoms with van der Waals surface area (Å²) in [5, 5.41) is 6.67. The fraction of sp³-hybridized carbons (Fsp3) is 0.560. The number of nitrogens with two attached hydrogens (primary N) is 1. The number of hydrogen-bond donors (Lipinski definition) is 3. The first-order chi connectivity index (χ1) is 17.7. The van der Waals surface area contributed by atoms with Crippen molar-refractivity contribution in [3.05, 3.63) is 30.5 Å². The molecular weight excluding hydrogens is 487 g/mol. The van der Waals surface area contributed by atoms with Gasteiger partial charge in [0.2, 0.25) is 11.9 Å². The fourth-order valence-electron chi connectivity index (χ4n) is 5.14. The molecule has 1 aromatic carbocycles. The van der Waals surface area contributed by atoms with Crippen molar-refractivity contribution in [3.63, 3.8) is 0 Å². The van der Waals surface area contributed by atoms with E-state index in [1.807, 2.05) is 0 Å². The number of nitrogens with one attached hydrogen (secondary N) is 2. The number of hydrogen-bond acceptors (Lipinski definition) is 8. The van der Waals surface area contributed by atoms with Gasteiger partial charge in [0.1, 0.15) is 11.3 Å². The Morgan fingerprint density at radius 2 is 1.92 bits per heavy atom. The van der Waals surface area contributed by atoms with E-state index in [0.717, 1.165) is 38.5 Å². The number of rotatable bonds is 7. The second kappa shape index (κ2) is 10.3. The van der Waals surface area contributed by atoms with Crippen LogP contribution in [-0.4, -0.2) is 51.2 Å². The summed E-state index contributed by atoms with van der Waals surface area (Å²) >= 11 is 0. The second-order valence-corrected chi connectivity index (χ2v) is 10.1. The maximum absolute atomic E-state index is 12.7. The van der Waals surface area contributed by atoms with Crippen LogP contribution in [0, 0.1) is 5.92 Å². The number of fused-ring (bicyclic) bond motifs is 1. The van der Waals surface area contributed by atoms with Crippen LogP contribution in [0.2, 0.25) is 0 Å². The van der Waals surface area contributed by atoms with Crippen LogP contribution in [0.4, 0.5) is 30.8 Å². The monoisotopic (exact) mass is 519 g/mol. The Labute approximate surface area is 213 Å². The third-order valence-electron chi connectivity index (χ3n) is 7.28. The third kappa shape index (κ3) is 6.07. The molecule has 12 heteroatoms. The SMILES string of the molecule is CC1(Nc2ncc3nc(Nc4cccc(OC(F)(F)F)c4)n([C@H]4CC[C@@H](CN)CC4)c3n2)CCOCC1. The predicted molar refractivity (Wildman–Crippen MR) is 134 cm³/mol. The lowest BCUT2D eigenvalue weighted by molar-refractivity contribution is -0.274. The first-order valence-corrected chi connectivity index (χ1v) is 12.7. The molecule has 37 heavy (non-hydrogen) atoms. The molecule has 0 amide bonds. The Morgan fingerprint density at radius 1 is 1.16 bits per heavy atom. The maximum atomic E-state index is 12.7. The molecule has 1 aliphatic heterocycles. The number of aromatic nitrogens is 4. The Balaban J connectivity index is 1.48. The standard InChI is InChI=1S/C25H32F3N7O2/c1-24(9-11-36-12-10-24)34-22-30-15-20-21(33-22)35(18-7-5-16(14-29)6-8-18)23(32-20)31-17-3-2-4-19(13-17)37-25(26,27)28/h2-4,13,15-16,18H,5-12,14,29H2,1H3,(H,31,32)(H,30,33,34)/t16-,18+. The summed E-state index contributed by atoms with van der Waals surface area (Å²) in [6.07, 6.45) is 2.39. The lowest BCUT2D eigenvalue weighted by Gasteiger charge is -2.34. The summed E-state index contributed by atoms with van der Waals surface area (Å²) < 4.78 is 49.9. The first-order valence-electron chi connectivity index (χ1n) is 12.7. The van der Waals surface area contributed by atoms with E-state index in [4.69, 9.17) is 20.4 Å².